The van der Waals surface area contributed by atoms with Crippen molar-refractivity contribution in [1.82, 2.24) is 4.98 Å². The molecular formula is C20H18N2O3. The summed E-state index contributed by atoms with van der Waals surface area (Å²) < 4.78 is 10.6. The zero-order valence-electron chi connectivity index (χ0n) is 13.9. The number of hydrogen-bond donors (Lipinski definition) is 0. The lowest BCUT2D eigenvalue weighted by molar-refractivity contribution is -0.118. The molecule has 1 amide bonds. The van der Waals surface area contributed by atoms with Crippen LogP contribution >= 0.6 is 0 Å². The third-order valence-corrected chi connectivity index (χ3v) is 4.60. The van der Waals surface area contributed by atoms with Gasteiger partial charge < -0.3 is 14.1 Å². The van der Waals surface area contributed by atoms with Crippen LogP contribution in [-0.4, -0.2) is 24.5 Å². The molecule has 5 nitrogen and oxygen atoms in total. The van der Waals surface area contributed by atoms with Crippen molar-refractivity contribution in [3.05, 3.63) is 66.7 Å². The minimum atomic E-state index is -0.121. The van der Waals surface area contributed by atoms with Gasteiger partial charge in [-0.2, -0.15) is 0 Å². The van der Waals surface area contributed by atoms with Crippen LogP contribution in [0.4, 0.5) is 5.69 Å². The monoisotopic (exact) mass is 334 g/mol. The molecule has 1 aliphatic heterocycles. The summed E-state index contributed by atoms with van der Waals surface area (Å²) in [5.41, 5.74) is 2.85. The first-order chi connectivity index (χ1) is 12.3. The van der Waals surface area contributed by atoms with Gasteiger partial charge >= 0.3 is 0 Å². The number of benzene rings is 2. The van der Waals surface area contributed by atoms with Crippen LogP contribution in [0.2, 0.25) is 0 Å². The predicted molar refractivity (Wildman–Crippen MR) is 94.6 cm³/mol. The van der Waals surface area contributed by atoms with Crippen LogP contribution in [-0.2, 0) is 4.79 Å². The largest absolute Gasteiger partial charge is 0.497 e. The SMILES string of the molecule is COc1cccc([C@H]2CCN(c3ccc(-c4cnco4)cc3)C2=O)c1. The number of carbonyl (C=O) groups excluding carboxylic acids is 1. The fourth-order valence-corrected chi connectivity index (χ4v) is 3.27. The van der Waals surface area contributed by atoms with Gasteiger partial charge in [0, 0.05) is 17.8 Å². The average molecular weight is 334 g/mol. The lowest BCUT2D eigenvalue weighted by Gasteiger charge is -2.17. The second kappa shape index (κ2) is 6.43. The second-order valence-electron chi connectivity index (χ2n) is 6.02. The Bertz CT molecular complexity index is 872. The molecule has 0 bridgehead atoms. The molecule has 25 heavy (non-hydrogen) atoms. The summed E-state index contributed by atoms with van der Waals surface area (Å²) in [6.07, 6.45) is 3.89. The molecule has 1 aliphatic rings. The van der Waals surface area contributed by atoms with E-state index in [-0.39, 0.29) is 11.8 Å². The molecule has 126 valence electrons. The zero-order chi connectivity index (χ0) is 17.2. The number of hydrogen-bond acceptors (Lipinski definition) is 4. The molecule has 5 heteroatoms. The van der Waals surface area contributed by atoms with E-state index in [1.165, 1.54) is 6.39 Å². The number of rotatable bonds is 4. The van der Waals surface area contributed by atoms with Crippen molar-refractivity contribution >= 4 is 11.6 Å². The van der Waals surface area contributed by atoms with Crippen molar-refractivity contribution in [2.75, 3.05) is 18.6 Å². The van der Waals surface area contributed by atoms with Gasteiger partial charge in [-0.3, -0.25) is 4.79 Å². The molecule has 1 atom stereocenters. The Morgan fingerprint density at radius 3 is 2.76 bits per heavy atom. The Hall–Kier alpha value is -3.08. The lowest BCUT2D eigenvalue weighted by Crippen LogP contribution is -2.26. The normalized spacial score (nSPS) is 17.1. The summed E-state index contributed by atoms with van der Waals surface area (Å²) in [5.74, 6) is 1.50. The predicted octanol–water partition coefficient (Wildman–Crippen LogP) is 3.87. The van der Waals surface area contributed by atoms with Gasteiger partial charge in [-0.25, -0.2) is 4.98 Å². The molecule has 0 radical (unpaired) electrons. The van der Waals surface area contributed by atoms with Gasteiger partial charge in [0.25, 0.3) is 0 Å². The molecule has 1 aromatic heterocycles. The lowest BCUT2D eigenvalue weighted by atomic mass is 9.97. The van der Waals surface area contributed by atoms with Crippen LogP contribution < -0.4 is 9.64 Å². The van der Waals surface area contributed by atoms with E-state index in [1.54, 1.807) is 13.3 Å². The molecule has 3 aromatic rings. The van der Waals surface area contributed by atoms with Crippen LogP contribution in [0.15, 0.2) is 65.5 Å². The van der Waals surface area contributed by atoms with Gasteiger partial charge in [-0.15, -0.1) is 0 Å². The maximum absolute atomic E-state index is 12.9. The van der Waals surface area contributed by atoms with E-state index in [4.69, 9.17) is 9.15 Å². The van der Waals surface area contributed by atoms with Gasteiger partial charge in [0.05, 0.1) is 19.2 Å². The number of oxazole rings is 1. The standard InChI is InChI=1S/C20H18N2O3/c1-24-17-4-2-3-15(11-17)18-9-10-22(20(18)23)16-7-5-14(6-8-16)19-12-21-13-25-19/h2-8,11-13,18H,9-10H2,1H3/t18-/m1/s1. The molecule has 4 rings (SSSR count). The minimum Gasteiger partial charge on any atom is -0.497 e. The number of anilines is 1. The second-order valence-corrected chi connectivity index (χ2v) is 6.02. The molecule has 2 aromatic carbocycles. The van der Waals surface area contributed by atoms with E-state index in [2.05, 4.69) is 4.98 Å². The molecule has 0 unspecified atom stereocenters. The third-order valence-electron chi connectivity index (χ3n) is 4.60. The summed E-state index contributed by atoms with van der Waals surface area (Å²) in [6, 6.07) is 15.5. The Morgan fingerprint density at radius 1 is 1.20 bits per heavy atom. The van der Waals surface area contributed by atoms with E-state index < -0.39 is 0 Å². The highest BCUT2D eigenvalue weighted by Gasteiger charge is 2.33. The number of amides is 1. The van der Waals surface area contributed by atoms with Crippen LogP contribution in [0.25, 0.3) is 11.3 Å². The number of carbonyl (C=O) groups is 1. The minimum absolute atomic E-state index is 0.121. The zero-order valence-corrected chi connectivity index (χ0v) is 13.9. The van der Waals surface area contributed by atoms with E-state index >= 15 is 0 Å². The molecule has 2 heterocycles. The molecule has 0 N–H and O–H groups in total. The fraction of sp³-hybridized carbons (Fsp3) is 0.200. The van der Waals surface area contributed by atoms with E-state index in [0.717, 1.165) is 29.0 Å². The maximum atomic E-state index is 12.9. The quantitative estimate of drug-likeness (QED) is 0.727. The van der Waals surface area contributed by atoms with Gasteiger partial charge in [0.15, 0.2) is 12.2 Å². The van der Waals surface area contributed by atoms with Crippen molar-refractivity contribution in [2.45, 2.75) is 12.3 Å². The molecule has 0 aliphatic carbocycles. The first-order valence-electron chi connectivity index (χ1n) is 8.20. The van der Waals surface area contributed by atoms with Crippen molar-refractivity contribution in [1.29, 1.82) is 0 Å². The van der Waals surface area contributed by atoms with Crippen LogP contribution in [0.5, 0.6) is 5.75 Å². The molecular weight excluding hydrogens is 316 g/mol. The highest BCUT2D eigenvalue weighted by atomic mass is 16.5. The molecule has 1 saturated heterocycles. The summed E-state index contributed by atoms with van der Waals surface area (Å²) >= 11 is 0. The number of methoxy groups -OCH3 is 1. The number of nitrogens with zero attached hydrogens (tertiary/aromatic N) is 2. The Kier molecular flexibility index (Phi) is 3.98. The summed E-state index contributed by atoms with van der Waals surface area (Å²) in [4.78, 5) is 18.6. The third kappa shape index (κ3) is 2.89. The van der Waals surface area contributed by atoms with Crippen molar-refractivity contribution in [3.8, 4) is 17.1 Å². The average Bonchev–Trinajstić information content (AvgIpc) is 3.32. The smallest absolute Gasteiger partial charge is 0.234 e. The van der Waals surface area contributed by atoms with Gasteiger partial charge in [0.2, 0.25) is 5.91 Å². The summed E-state index contributed by atoms with van der Waals surface area (Å²) in [6.45, 7) is 0.711. The first kappa shape index (κ1) is 15.4. The van der Waals surface area contributed by atoms with Gasteiger partial charge in [-0.05, 0) is 48.4 Å². The highest BCUT2D eigenvalue weighted by molar-refractivity contribution is 6.00. The fourth-order valence-electron chi connectivity index (χ4n) is 3.27. The number of aromatic nitrogens is 1. The van der Waals surface area contributed by atoms with Gasteiger partial charge in [-0.1, -0.05) is 12.1 Å². The maximum Gasteiger partial charge on any atom is 0.234 e. The van der Waals surface area contributed by atoms with E-state index in [0.29, 0.717) is 12.3 Å². The molecule has 1 fully saturated rings. The Morgan fingerprint density at radius 2 is 2.04 bits per heavy atom. The van der Waals surface area contributed by atoms with E-state index in [9.17, 15) is 4.79 Å². The summed E-state index contributed by atoms with van der Waals surface area (Å²) in [7, 11) is 1.64. The van der Waals surface area contributed by atoms with Crippen molar-refractivity contribution in [3.63, 3.8) is 0 Å². The molecule has 0 saturated carbocycles. The van der Waals surface area contributed by atoms with Gasteiger partial charge in [0.1, 0.15) is 5.75 Å². The van der Waals surface area contributed by atoms with E-state index in [1.807, 2.05) is 53.4 Å². The van der Waals surface area contributed by atoms with Crippen LogP contribution in [0, 0.1) is 0 Å². The Labute approximate surface area is 145 Å². The number of ether oxygens (including phenoxy) is 1. The van der Waals surface area contributed by atoms with Crippen LogP contribution in [0.1, 0.15) is 17.9 Å². The van der Waals surface area contributed by atoms with Crippen molar-refractivity contribution in [2.24, 2.45) is 0 Å². The molecule has 0 spiro atoms. The van der Waals surface area contributed by atoms with Crippen molar-refractivity contribution < 1.29 is 13.9 Å². The summed E-state index contributed by atoms with van der Waals surface area (Å²) in [5, 5.41) is 0. The first-order valence-corrected chi connectivity index (χ1v) is 8.20. The highest BCUT2D eigenvalue weighted by Crippen LogP contribution is 2.34. The Balaban J connectivity index is 1.55. The van der Waals surface area contributed by atoms with Crippen LogP contribution in [0.3, 0.4) is 0 Å². The topological polar surface area (TPSA) is 55.6 Å².